The van der Waals surface area contributed by atoms with Crippen molar-refractivity contribution in [2.75, 3.05) is 13.1 Å². The Balaban J connectivity index is 1.89. The summed E-state index contributed by atoms with van der Waals surface area (Å²) in [5, 5.41) is 13.8. The van der Waals surface area contributed by atoms with Gasteiger partial charge in [-0.15, -0.1) is 0 Å². The molecule has 0 bridgehead atoms. The summed E-state index contributed by atoms with van der Waals surface area (Å²) in [6.07, 6.45) is 1.31. The Labute approximate surface area is 110 Å². The minimum absolute atomic E-state index is 0.0784. The topological polar surface area (TPSA) is 98.7 Å². The van der Waals surface area contributed by atoms with E-state index in [2.05, 4.69) is 10.6 Å². The maximum absolute atomic E-state index is 12.1. The number of carboxylic acids is 1. The Hall–Kier alpha value is -2.05. The molecule has 0 aromatic rings. The van der Waals surface area contributed by atoms with E-state index in [-0.39, 0.29) is 24.4 Å². The molecule has 0 fully saturated rings. The van der Waals surface area contributed by atoms with Crippen LogP contribution >= 0.6 is 0 Å². The first-order valence-corrected chi connectivity index (χ1v) is 6.30. The zero-order valence-electron chi connectivity index (χ0n) is 10.7. The third kappa shape index (κ3) is 2.86. The molecule has 0 radical (unpaired) electrons. The van der Waals surface area contributed by atoms with Gasteiger partial charge in [-0.05, 0) is 19.8 Å². The molecular weight excluding hydrogens is 250 g/mol. The molecule has 0 aromatic carbocycles. The lowest BCUT2D eigenvalue weighted by Gasteiger charge is -2.21. The fourth-order valence-electron chi connectivity index (χ4n) is 2.40. The lowest BCUT2D eigenvalue weighted by molar-refractivity contribution is -0.137. The molecular formula is C12H17N3O4. The predicted octanol–water partition coefficient (Wildman–Crippen LogP) is 0.0389. The van der Waals surface area contributed by atoms with Crippen molar-refractivity contribution in [1.29, 1.82) is 0 Å². The van der Waals surface area contributed by atoms with E-state index in [1.54, 1.807) is 11.8 Å². The highest BCUT2D eigenvalue weighted by Crippen LogP contribution is 2.23. The van der Waals surface area contributed by atoms with Gasteiger partial charge >= 0.3 is 12.0 Å². The van der Waals surface area contributed by atoms with Gasteiger partial charge in [0, 0.05) is 18.7 Å². The fraction of sp³-hybridized carbons (Fsp3) is 0.583. The van der Waals surface area contributed by atoms with Crippen LogP contribution < -0.4 is 10.6 Å². The van der Waals surface area contributed by atoms with Gasteiger partial charge in [0.15, 0.2) is 0 Å². The van der Waals surface area contributed by atoms with Gasteiger partial charge in [0.1, 0.15) is 0 Å². The molecule has 2 heterocycles. The number of nitrogens with zero attached hydrogens (tertiary/aromatic N) is 1. The lowest BCUT2D eigenvalue weighted by Crippen LogP contribution is -2.47. The van der Waals surface area contributed by atoms with Gasteiger partial charge in [-0.2, -0.15) is 0 Å². The van der Waals surface area contributed by atoms with Crippen LogP contribution in [0.5, 0.6) is 0 Å². The van der Waals surface area contributed by atoms with Crippen molar-refractivity contribution in [3.05, 3.63) is 11.3 Å². The van der Waals surface area contributed by atoms with Gasteiger partial charge in [-0.25, -0.2) is 4.79 Å². The number of carbonyl (C=O) groups excluding carboxylic acids is 2. The SMILES string of the molecule is C[C@H]1NC(=O)NC2=C1C(=O)N(CCCCC(=O)O)C2. The number of nitrogens with one attached hydrogen (secondary N) is 2. The predicted molar refractivity (Wildman–Crippen MR) is 66.2 cm³/mol. The molecule has 2 aliphatic heterocycles. The second-order valence-electron chi connectivity index (χ2n) is 4.79. The van der Waals surface area contributed by atoms with Crippen molar-refractivity contribution in [2.24, 2.45) is 0 Å². The van der Waals surface area contributed by atoms with E-state index in [1.165, 1.54) is 0 Å². The number of urea groups is 1. The van der Waals surface area contributed by atoms with Gasteiger partial charge in [0.2, 0.25) is 0 Å². The smallest absolute Gasteiger partial charge is 0.319 e. The number of unbranched alkanes of at least 4 members (excludes halogenated alkanes) is 1. The van der Waals surface area contributed by atoms with Crippen LogP contribution in [0.4, 0.5) is 4.79 Å². The van der Waals surface area contributed by atoms with Gasteiger partial charge in [0.05, 0.1) is 18.2 Å². The summed E-state index contributed by atoms with van der Waals surface area (Å²) in [5.41, 5.74) is 1.28. The fourth-order valence-corrected chi connectivity index (χ4v) is 2.40. The molecule has 19 heavy (non-hydrogen) atoms. The standard InChI is InChI=1S/C12H17N3O4/c1-7-10-8(14-12(19)13-7)6-15(11(10)18)5-3-2-4-9(16)17/h7H,2-6H2,1H3,(H,16,17)(H2,13,14,19)/t7-/m1/s1. The van der Waals surface area contributed by atoms with Gasteiger partial charge in [0.25, 0.3) is 5.91 Å². The number of hydrogen-bond donors (Lipinski definition) is 3. The van der Waals surface area contributed by atoms with Crippen LogP contribution in [0.1, 0.15) is 26.2 Å². The highest BCUT2D eigenvalue weighted by Gasteiger charge is 2.37. The quantitative estimate of drug-likeness (QED) is 0.612. The van der Waals surface area contributed by atoms with E-state index < -0.39 is 5.97 Å². The third-order valence-electron chi connectivity index (χ3n) is 3.31. The summed E-state index contributed by atoms with van der Waals surface area (Å²) >= 11 is 0. The average molecular weight is 267 g/mol. The summed E-state index contributed by atoms with van der Waals surface area (Å²) in [5.74, 6) is -0.902. The Morgan fingerprint density at radius 3 is 2.84 bits per heavy atom. The molecule has 7 nitrogen and oxygen atoms in total. The highest BCUT2D eigenvalue weighted by molar-refractivity contribution is 6.01. The molecule has 1 atom stereocenters. The normalized spacial score (nSPS) is 22.2. The second-order valence-corrected chi connectivity index (χ2v) is 4.79. The molecule has 3 amide bonds. The monoisotopic (exact) mass is 267 g/mol. The molecule has 0 aromatic heterocycles. The Morgan fingerprint density at radius 1 is 1.42 bits per heavy atom. The van der Waals surface area contributed by atoms with E-state index in [1.807, 2.05) is 0 Å². The molecule has 0 saturated heterocycles. The number of hydrogen-bond acceptors (Lipinski definition) is 3. The molecule has 0 unspecified atom stereocenters. The van der Waals surface area contributed by atoms with Crippen molar-refractivity contribution >= 4 is 17.9 Å². The minimum Gasteiger partial charge on any atom is -0.481 e. The molecule has 3 N–H and O–H groups in total. The summed E-state index contributed by atoms with van der Waals surface area (Å²) in [6, 6.07) is -0.563. The maximum atomic E-state index is 12.1. The van der Waals surface area contributed by atoms with Gasteiger partial charge < -0.3 is 20.6 Å². The number of rotatable bonds is 5. The van der Waals surface area contributed by atoms with Crippen molar-refractivity contribution in [2.45, 2.75) is 32.2 Å². The van der Waals surface area contributed by atoms with E-state index in [4.69, 9.17) is 5.11 Å². The largest absolute Gasteiger partial charge is 0.481 e. The Kier molecular flexibility index (Phi) is 3.73. The number of carbonyl (C=O) groups is 3. The molecule has 0 spiro atoms. The third-order valence-corrected chi connectivity index (χ3v) is 3.31. The molecule has 7 heteroatoms. The summed E-state index contributed by atoms with van der Waals surface area (Å²) in [4.78, 5) is 35.5. The van der Waals surface area contributed by atoms with Crippen LogP contribution in [-0.4, -0.2) is 47.0 Å². The van der Waals surface area contributed by atoms with Gasteiger partial charge in [-0.3, -0.25) is 9.59 Å². The van der Waals surface area contributed by atoms with Crippen molar-refractivity contribution < 1.29 is 19.5 Å². The van der Waals surface area contributed by atoms with Crippen LogP contribution in [0.25, 0.3) is 0 Å². The average Bonchev–Trinajstić information content (AvgIpc) is 2.61. The zero-order chi connectivity index (χ0) is 14.0. The van der Waals surface area contributed by atoms with Gasteiger partial charge in [-0.1, -0.05) is 0 Å². The first-order chi connectivity index (χ1) is 8.99. The summed E-state index contributed by atoms with van der Waals surface area (Å²) < 4.78 is 0. The number of amides is 3. The second kappa shape index (κ2) is 5.29. The molecule has 0 aliphatic carbocycles. The Morgan fingerprint density at radius 2 is 2.16 bits per heavy atom. The molecule has 0 saturated carbocycles. The Bertz CT molecular complexity index is 458. The number of aliphatic carboxylic acids is 1. The van der Waals surface area contributed by atoms with Crippen LogP contribution in [0, 0.1) is 0 Å². The van der Waals surface area contributed by atoms with E-state index in [0.717, 1.165) is 0 Å². The van der Waals surface area contributed by atoms with Crippen LogP contribution in [0.3, 0.4) is 0 Å². The molecule has 104 valence electrons. The number of carboxylic acid groups (broad SMARTS) is 1. The summed E-state index contributed by atoms with van der Waals surface area (Å²) in [7, 11) is 0. The van der Waals surface area contributed by atoms with Crippen LogP contribution in [-0.2, 0) is 9.59 Å². The molecule has 2 rings (SSSR count). The van der Waals surface area contributed by atoms with Crippen LogP contribution in [0.15, 0.2) is 11.3 Å². The van der Waals surface area contributed by atoms with Crippen molar-refractivity contribution in [3.63, 3.8) is 0 Å². The lowest BCUT2D eigenvalue weighted by atomic mass is 10.1. The maximum Gasteiger partial charge on any atom is 0.319 e. The first kappa shape index (κ1) is 13.4. The van der Waals surface area contributed by atoms with Crippen molar-refractivity contribution in [1.82, 2.24) is 15.5 Å². The van der Waals surface area contributed by atoms with E-state index in [9.17, 15) is 14.4 Å². The highest BCUT2D eigenvalue weighted by atomic mass is 16.4. The molecule has 2 aliphatic rings. The first-order valence-electron chi connectivity index (χ1n) is 6.30. The van der Waals surface area contributed by atoms with E-state index >= 15 is 0 Å². The van der Waals surface area contributed by atoms with Crippen LogP contribution in [0.2, 0.25) is 0 Å². The van der Waals surface area contributed by atoms with E-state index in [0.29, 0.717) is 37.2 Å². The van der Waals surface area contributed by atoms with Crippen molar-refractivity contribution in [3.8, 4) is 0 Å². The minimum atomic E-state index is -0.824. The zero-order valence-corrected chi connectivity index (χ0v) is 10.7. The summed E-state index contributed by atoms with van der Waals surface area (Å²) in [6.45, 7) is 2.70.